The third-order valence-corrected chi connectivity index (χ3v) is 3.74. The highest BCUT2D eigenvalue weighted by Crippen LogP contribution is 2.20. The van der Waals surface area contributed by atoms with E-state index in [-0.39, 0.29) is 12.4 Å². The molecule has 1 heterocycles. The number of halogens is 1. The van der Waals surface area contributed by atoms with Crippen LogP contribution < -0.4 is 17.1 Å². The Morgan fingerprint density at radius 3 is 2.59 bits per heavy atom. The lowest BCUT2D eigenvalue weighted by Crippen LogP contribution is -3.00. The monoisotopic (exact) mass is 322 g/mol. The summed E-state index contributed by atoms with van der Waals surface area (Å²) in [4.78, 5) is 2.21. The number of hydrogen-bond donors (Lipinski definition) is 1. The molecule has 0 bridgehead atoms. The topological polar surface area (TPSA) is 41.9 Å². The van der Waals surface area contributed by atoms with Gasteiger partial charge < -0.3 is 27.0 Å². The van der Waals surface area contributed by atoms with Gasteiger partial charge in [-0.1, -0.05) is 30.3 Å². The summed E-state index contributed by atoms with van der Waals surface area (Å²) in [5.74, 6) is 0.801. The fourth-order valence-corrected chi connectivity index (χ4v) is 2.58. The van der Waals surface area contributed by atoms with Crippen LogP contribution in [-0.4, -0.2) is 55.6 Å². The molecule has 1 unspecified atom stereocenters. The van der Waals surface area contributed by atoms with Crippen molar-refractivity contribution in [2.75, 3.05) is 39.5 Å². The molecular weight excluding hydrogens is 302 g/mol. The van der Waals surface area contributed by atoms with Crippen molar-refractivity contribution >= 4 is 10.8 Å². The number of aliphatic hydroxyl groups excluding tert-OH is 1. The Morgan fingerprint density at radius 2 is 1.82 bits per heavy atom. The summed E-state index contributed by atoms with van der Waals surface area (Å²) in [7, 11) is 0. The van der Waals surface area contributed by atoms with Gasteiger partial charge >= 0.3 is 0 Å². The molecule has 4 nitrogen and oxygen atoms in total. The van der Waals surface area contributed by atoms with Crippen LogP contribution in [0.2, 0.25) is 0 Å². The zero-order valence-corrected chi connectivity index (χ0v) is 13.2. The van der Waals surface area contributed by atoms with Gasteiger partial charge in [0, 0.05) is 19.6 Å². The summed E-state index contributed by atoms with van der Waals surface area (Å²) in [5, 5.41) is 12.4. The van der Waals surface area contributed by atoms with Crippen LogP contribution in [0.5, 0.6) is 5.75 Å². The van der Waals surface area contributed by atoms with Crippen molar-refractivity contribution in [1.29, 1.82) is 0 Å². The number of hydrogen-bond acceptors (Lipinski definition) is 4. The second-order valence-corrected chi connectivity index (χ2v) is 5.39. The minimum atomic E-state index is -0.477. The maximum Gasteiger partial charge on any atom is 0.120 e. The molecule has 5 heteroatoms. The first-order chi connectivity index (χ1) is 10.3. The third-order valence-electron chi connectivity index (χ3n) is 3.74. The molecule has 0 spiro atoms. The van der Waals surface area contributed by atoms with Gasteiger partial charge in [-0.15, -0.1) is 0 Å². The van der Waals surface area contributed by atoms with Crippen LogP contribution in [0.4, 0.5) is 0 Å². The van der Waals surface area contributed by atoms with Crippen LogP contribution in [0.25, 0.3) is 10.8 Å². The van der Waals surface area contributed by atoms with Crippen molar-refractivity contribution in [2.24, 2.45) is 0 Å². The van der Waals surface area contributed by atoms with Crippen molar-refractivity contribution in [3.8, 4) is 5.75 Å². The fourth-order valence-electron chi connectivity index (χ4n) is 2.58. The molecule has 0 aromatic heterocycles. The van der Waals surface area contributed by atoms with Crippen molar-refractivity contribution in [3.63, 3.8) is 0 Å². The van der Waals surface area contributed by atoms with Gasteiger partial charge in [0.05, 0.1) is 13.2 Å². The minimum absolute atomic E-state index is 0. The first-order valence-corrected chi connectivity index (χ1v) is 7.41. The molecular formula is C17H21ClNO3-. The number of β-amino-alcohol motifs (C(OH)–C–C–N with tert-alkyl or cyclic N) is 1. The number of fused-ring (bicyclic) bond motifs is 1. The van der Waals surface area contributed by atoms with Crippen molar-refractivity contribution in [1.82, 2.24) is 4.90 Å². The maximum absolute atomic E-state index is 10.1. The summed E-state index contributed by atoms with van der Waals surface area (Å²) < 4.78 is 11.0. The molecule has 1 N–H and O–H groups in total. The van der Waals surface area contributed by atoms with E-state index < -0.39 is 6.10 Å². The molecule has 3 rings (SSSR count). The first kappa shape index (κ1) is 17.0. The van der Waals surface area contributed by atoms with Crippen LogP contribution >= 0.6 is 0 Å². The molecule has 1 atom stereocenters. The second kappa shape index (κ2) is 8.34. The van der Waals surface area contributed by atoms with E-state index in [9.17, 15) is 5.11 Å². The zero-order valence-electron chi connectivity index (χ0n) is 12.5. The SMILES string of the molecule is OC(COc1ccc2ccccc2c1)CN1CCOCC1.[Cl-]. The van der Waals surface area contributed by atoms with E-state index in [1.54, 1.807) is 0 Å². The Hall–Kier alpha value is -1.33. The lowest BCUT2D eigenvalue weighted by atomic mass is 10.1. The van der Waals surface area contributed by atoms with Crippen LogP contribution in [0.3, 0.4) is 0 Å². The molecule has 0 amide bonds. The van der Waals surface area contributed by atoms with Gasteiger partial charge in [0.25, 0.3) is 0 Å². The van der Waals surface area contributed by atoms with E-state index in [1.165, 1.54) is 5.39 Å². The normalized spacial score (nSPS) is 17.0. The first-order valence-electron chi connectivity index (χ1n) is 7.41. The highest BCUT2D eigenvalue weighted by atomic mass is 35.5. The molecule has 0 aliphatic carbocycles. The number of nitrogens with zero attached hydrogens (tertiary/aromatic N) is 1. The van der Waals surface area contributed by atoms with E-state index in [1.807, 2.05) is 30.3 Å². The molecule has 22 heavy (non-hydrogen) atoms. The van der Waals surface area contributed by atoms with Crippen LogP contribution in [0.15, 0.2) is 42.5 Å². The van der Waals surface area contributed by atoms with E-state index in [0.29, 0.717) is 13.2 Å². The maximum atomic E-state index is 10.1. The zero-order chi connectivity index (χ0) is 14.5. The lowest BCUT2D eigenvalue weighted by molar-refractivity contribution is -0.0000334. The fraction of sp³-hybridized carbons (Fsp3) is 0.412. The van der Waals surface area contributed by atoms with Gasteiger partial charge in [-0.2, -0.15) is 0 Å². The molecule has 0 radical (unpaired) electrons. The van der Waals surface area contributed by atoms with Gasteiger partial charge in [0.15, 0.2) is 0 Å². The van der Waals surface area contributed by atoms with Gasteiger partial charge in [-0.25, -0.2) is 0 Å². The summed E-state index contributed by atoms with van der Waals surface area (Å²) in [5.41, 5.74) is 0. The van der Waals surface area contributed by atoms with Gasteiger partial charge in [0.1, 0.15) is 18.5 Å². The Bertz CT molecular complexity index is 587. The Kier molecular flexibility index (Phi) is 6.46. The molecule has 1 aliphatic rings. The van der Waals surface area contributed by atoms with Crippen molar-refractivity contribution in [3.05, 3.63) is 42.5 Å². The number of benzene rings is 2. The predicted octanol–water partition coefficient (Wildman–Crippen LogP) is -1.08. The molecule has 1 aliphatic heterocycles. The number of rotatable bonds is 5. The number of aliphatic hydroxyl groups is 1. The van der Waals surface area contributed by atoms with Crippen LogP contribution in [-0.2, 0) is 4.74 Å². The molecule has 0 saturated carbocycles. The highest BCUT2D eigenvalue weighted by molar-refractivity contribution is 5.83. The summed E-state index contributed by atoms with van der Waals surface area (Å²) in [6, 6.07) is 14.2. The quantitative estimate of drug-likeness (QED) is 0.760. The highest BCUT2D eigenvalue weighted by Gasteiger charge is 2.15. The Morgan fingerprint density at radius 1 is 1.09 bits per heavy atom. The van der Waals surface area contributed by atoms with E-state index in [0.717, 1.165) is 37.4 Å². The molecule has 2 aromatic carbocycles. The lowest BCUT2D eigenvalue weighted by Gasteiger charge is -2.28. The van der Waals surface area contributed by atoms with Gasteiger partial charge in [0.2, 0.25) is 0 Å². The molecule has 1 fully saturated rings. The second-order valence-electron chi connectivity index (χ2n) is 5.39. The summed E-state index contributed by atoms with van der Waals surface area (Å²) >= 11 is 0. The Labute approximate surface area is 137 Å². The third kappa shape index (κ3) is 4.58. The number of ether oxygens (including phenoxy) is 2. The van der Waals surface area contributed by atoms with E-state index in [4.69, 9.17) is 9.47 Å². The number of morpholine rings is 1. The van der Waals surface area contributed by atoms with E-state index in [2.05, 4.69) is 17.0 Å². The van der Waals surface area contributed by atoms with Crippen molar-refractivity contribution < 1.29 is 27.0 Å². The smallest absolute Gasteiger partial charge is 0.120 e. The van der Waals surface area contributed by atoms with E-state index >= 15 is 0 Å². The average molecular weight is 323 g/mol. The van der Waals surface area contributed by atoms with Crippen molar-refractivity contribution in [2.45, 2.75) is 6.10 Å². The Balaban J connectivity index is 0.00000176. The average Bonchev–Trinajstić information content (AvgIpc) is 2.54. The predicted molar refractivity (Wildman–Crippen MR) is 82.7 cm³/mol. The summed E-state index contributed by atoms with van der Waals surface area (Å²) in [6.45, 7) is 4.21. The van der Waals surface area contributed by atoms with Gasteiger partial charge in [-0.3, -0.25) is 4.90 Å². The van der Waals surface area contributed by atoms with Crippen LogP contribution in [0.1, 0.15) is 0 Å². The minimum Gasteiger partial charge on any atom is -1.00 e. The standard InChI is InChI=1S/C17H21NO3.ClH/c19-16(12-18-7-9-20-10-8-18)13-21-17-6-5-14-3-1-2-4-15(14)11-17;/h1-6,11,16,19H,7-10,12-13H2;1H/p-1. The summed E-state index contributed by atoms with van der Waals surface area (Å²) in [6.07, 6.45) is -0.477. The molecule has 120 valence electrons. The van der Waals surface area contributed by atoms with Crippen LogP contribution in [0, 0.1) is 0 Å². The van der Waals surface area contributed by atoms with Gasteiger partial charge in [-0.05, 0) is 22.9 Å². The molecule has 2 aromatic rings. The largest absolute Gasteiger partial charge is 1.00 e. The molecule has 1 saturated heterocycles.